The number of carbonyl (C=O) groups is 1. The van der Waals surface area contributed by atoms with Crippen LogP contribution in [0.2, 0.25) is 0 Å². The van der Waals surface area contributed by atoms with E-state index in [1.807, 2.05) is 0 Å². The zero-order chi connectivity index (χ0) is 22.0. The number of carbonyl (C=O) groups excluding carboxylic acids is 1. The van der Waals surface area contributed by atoms with Crippen molar-refractivity contribution in [3.05, 3.63) is 42.5 Å². The third kappa shape index (κ3) is 6.47. The molecule has 2 aromatic carbocycles. The number of nitrogens with two attached hydrogens (primary N) is 1. The lowest BCUT2D eigenvalue weighted by Crippen LogP contribution is -2.40. The minimum Gasteiger partial charge on any atom is -0.444 e. The molecular formula is C21H29N3O4S. The van der Waals surface area contributed by atoms with E-state index in [1.54, 1.807) is 84.0 Å². The highest BCUT2D eigenvalue weighted by atomic mass is 32.2. The maximum absolute atomic E-state index is 12.9. The molecular weight excluding hydrogens is 390 g/mol. The van der Waals surface area contributed by atoms with Crippen LogP contribution < -0.4 is 15.8 Å². The Labute approximate surface area is 172 Å². The van der Waals surface area contributed by atoms with E-state index in [-0.39, 0.29) is 4.90 Å². The Hall–Kier alpha value is -2.58. The number of rotatable bonds is 4. The van der Waals surface area contributed by atoms with Gasteiger partial charge >= 0.3 is 6.09 Å². The number of anilines is 2. The van der Waals surface area contributed by atoms with Gasteiger partial charge in [0.25, 0.3) is 0 Å². The standard InChI is InChI=1S/C21H29N3O4S/c1-20(2,3)24-29(26,27)18-10-8-7-9-15(18)14-11-12-16(22)17(13-14)23-19(25)28-21(4,5)6/h7-13,24H,22H2,1-6H3,(H,23,25). The summed E-state index contributed by atoms with van der Waals surface area (Å²) in [7, 11) is -3.76. The molecule has 0 bridgehead atoms. The average Bonchev–Trinajstić information content (AvgIpc) is 2.53. The third-order valence-corrected chi connectivity index (χ3v) is 5.43. The van der Waals surface area contributed by atoms with Crippen LogP contribution in [0.1, 0.15) is 41.5 Å². The molecule has 0 atom stereocenters. The van der Waals surface area contributed by atoms with Crippen molar-refractivity contribution in [1.82, 2.24) is 4.72 Å². The van der Waals surface area contributed by atoms with Crippen LogP contribution in [0.3, 0.4) is 0 Å². The molecule has 0 unspecified atom stereocenters. The molecule has 0 aromatic heterocycles. The van der Waals surface area contributed by atoms with Gasteiger partial charge in [-0.2, -0.15) is 0 Å². The number of benzene rings is 2. The molecule has 0 aliphatic rings. The first-order chi connectivity index (χ1) is 13.2. The molecule has 0 saturated carbocycles. The van der Waals surface area contributed by atoms with Crippen molar-refractivity contribution < 1.29 is 17.9 Å². The largest absolute Gasteiger partial charge is 0.444 e. The normalized spacial score (nSPS) is 12.5. The Bertz CT molecular complexity index is 1000. The number of nitrogen functional groups attached to an aromatic ring is 1. The summed E-state index contributed by atoms with van der Waals surface area (Å²) in [5.41, 5.74) is 6.48. The van der Waals surface area contributed by atoms with E-state index in [2.05, 4.69) is 10.0 Å². The maximum Gasteiger partial charge on any atom is 0.412 e. The predicted octanol–water partition coefficient (Wildman–Crippen LogP) is 4.36. The van der Waals surface area contributed by atoms with Gasteiger partial charge < -0.3 is 10.5 Å². The van der Waals surface area contributed by atoms with Gasteiger partial charge in [0, 0.05) is 11.1 Å². The van der Waals surface area contributed by atoms with Crippen molar-refractivity contribution in [3.63, 3.8) is 0 Å². The summed E-state index contributed by atoms with van der Waals surface area (Å²) < 4.78 is 33.7. The Kier molecular flexibility index (Phi) is 6.30. The summed E-state index contributed by atoms with van der Waals surface area (Å²) >= 11 is 0. The fourth-order valence-electron chi connectivity index (χ4n) is 2.64. The number of amides is 1. The monoisotopic (exact) mass is 419 g/mol. The van der Waals surface area contributed by atoms with Crippen LogP contribution in [0.15, 0.2) is 47.4 Å². The summed E-state index contributed by atoms with van der Waals surface area (Å²) in [6.45, 7) is 10.6. The highest BCUT2D eigenvalue weighted by Gasteiger charge is 2.25. The molecule has 7 nitrogen and oxygen atoms in total. The second-order valence-electron chi connectivity index (χ2n) is 8.78. The molecule has 0 aliphatic heterocycles. The zero-order valence-electron chi connectivity index (χ0n) is 17.7. The molecule has 0 heterocycles. The smallest absolute Gasteiger partial charge is 0.412 e. The molecule has 0 radical (unpaired) electrons. The number of sulfonamides is 1. The fraction of sp³-hybridized carbons (Fsp3) is 0.381. The van der Waals surface area contributed by atoms with Crippen LogP contribution in [0.25, 0.3) is 11.1 Å². The van der Waals surface area contributed by atoms with Gasteiger partial charge in [-0.3, -0.25) is 5.32 Å². The molecule has 0 aliphatic carbocycles. The summed E-state index contributed by atoms with van der Waals surface area (Å²) in [5, 5.41) is 2.62. The molecule has 0 spiro atoms. The Morgan fingerprint density at radius 3 is 2.21 bits per heavy atom. The van der Waals surface area contributed by atoms with Crippen molar-refractivity contribution in [2.75, 3.05) is 11.1 Å². The van der Waals surface area contributed by atoms with E-state index in [9.17, 15) is 13.2 Å². The van der Waals surface area contributed by atoms with E-state index in [4.69, 9.17) is 10.5 Å². The topological polar surface area (TPSA) is 111 Å². The quantitative estimate of drug-likeness (QED) is 0.638. The molecule has 2 aromatic rings. The SMILES string of the molecule is CC(C)(C)NS(=O)(=O)c1ccccc1-c1ccc(N)c(NC(=O)OC(C)(C)C)c1. The number of hydrogen-bond acceptors (Lipinski definition) is 5. The number of nitrogens with one attached hydrogen (secondary N) is 2. The number of hydrogen-bond donors (Lipinski definition) is 3. The lowest BCUT2D eigenvalue weighted by molar-refractivity contribution is 0.0636. The van der Waals surface area contributed by atoms with Gasteiger partial charge in [0.05, 0.1) is 16.3 Å². The van der Waals surface area contributed by atoms with E-state index in [0.29, 0.717) is 22.5 Å². The first-order valence-electron chi connectivity index (χ1n) is 9.21. The Balaban J connectivity index is 2.46. The molecule has 8 heteroatoms. The molecule has 158 valence electrons. The van der Waals surface area contributed by atoms with Crippen LogP contribution in [0.4, 0.5) is 16.2 Å². The van der Waals surface area contributed by atoms with Gasteiger partial charge in [0.1, 0.15) is 5.60 Å². The highest BCUT2D eigenvalue weighted by molar-refractivity contribution is 7.89. The van der Waals surface area contributed by atoms with E-state index >= 15 is 0 Å². The molecule has 0 fully saturated rings. The first-order valence-corrected chi connectivity index (χ1v) is 10.7. The maximum atomic E-state index is 12.9. The van der Waals surface area contributed by atoms with Crippen LogP contribution in [0, 0.1) is 0 Å². The van der Waals surface area contributed by atoms with E-state index < -0.39 is 27.3 Å². The van der Waals surface area contributed by atoms with E-state index in [1.165, 1.54) is 0 Å². The Morgan fingerprint density at radius 2 is 1.62 bits per heavy atom. The predicted molar refractivity (Wildman–Crippen MR) is 116 cm³/mol. The highest BCUT2D eigenvalue weighted by Crippen LogP contribution is 2.32. The minimum absolute atomic E-state index is 0.142. The molecule has 4 N–H and O–H groups in total. The van der Waals surface area contributed by atoms with Crippen molar-refractivity contribution in [2.45, 2.75) is 57.6 Å². The van der Waals surface area contributed by atoms with Crippen molar-refractivity contribution in [2.24, 2.45) is 0 Å². The molecule has 0 saturated heterocycles. The van der Waals surface area contributed by atoms with Gasteiger partial charge in [0.2, 0.25) is 10.0 Å². The van der Waals surface area contributed by atoms with Crippen molar-refractivity contribution in [1.29, 1.82) is 0 Å². The minimum atomic E-state index is -3.76. The van der Waals surface area contributed by atoms with Gasteiger partial charge in [0.15, 0.2) is 0 Å². The van der Waals surface area contributed by atoms with Crippen molar-refractivity contribution in [3.8, 4) is 11.1 Å². The molecule has 1 amide bonds. The van der Waals surface area contributed by atoms with Crippen LogP contribution >= 0.6 is 0 Å². The van der Waals surface area contributed by atoms with Gasteiger partial charge in [-0.15, -0.1) is 0 Å². The van der Waals surface area contributed by atoms with E-state index in [0.717, 1.165) is 0 Å². The Morgan fingerprint density at radius 1 is 1.00 bits per heavy atom. The summed E-state index contributed by atoms with van der Waals surface area (Å²) in [5.74, 6) is 0. The second-order valence-corrected chi connectivity index (χ2v) is 10.4. The average molecular weight is 420 g/mol. The lowest BCUT2D eigenvalue weighted by atomic mass is 10.0. The van der Waals surface area contributed by atoms with Crippen LogP contribution in [-0.2, 0) is 14.8 Å². The zero-order valence-corrected chi connectivity index (χ0v) is 18.5. The molecule has 2 rings (SSSR count). The van der Waals surface area contributed by atoms with Gasteiger partial charge in [-0.05, 0) is 65.3 Å². The third-order valence-electron chi connectivity index (χ3n) is 3.62. The summed E-state index contributed by atoms with van der Waals surface area (Å²) in [6.07, 6.45) is -0.642. The summed E-state index contributed by atoms with van der Waals surface area (Å²) in [4.78, 5) is 12.3. The lowest BCUT2D eigenvalue weighted by Gasteiger charge is -2.22. The van der Waals surface area contributed by atoms with Crippen molar-refractivity contribution >= 4 is 27.5 Å². The van der Waals surface area contributed by atoms with Crippen LogP contribution in [0.5, 0.6) is 0 Å². The van der Waals surface area contributed by atoms with Crippen LogP contribution in [-0.4, -0.2) is 25.7 Å². The molecule has 29 heavy (non-hydrogen) atoms. The van der Waals surface area contributed by atoms with Gasteiger partial charge in [-0.25, -0.2) is 17.9 Å². The van der Waals surface area contributed by atoms with Gasteiger partial charge in [-0.1, -0.05) is 24.3 Å². The summed E-state index contributed by atoms with van der Waals surface area (Å²) in [6, 6.07) is 11.6. The first kappa shape index (κ1) is 22.7. The number of ether oxygens (including phenoxy) is 1. The fourth-order valence-corrected chi connectivity index (χ4v) is 4.29. The second kappa shape index (κ2) is 8.04.